The monoisotopic (exact) mass is 286 g/mol. The predicted octanol–water partition coefficient (Wildman–Crippen LogP) is 2.69. The van der Waals surface area contributed by atoms with Crippen LogP contribution >= 0.6 is 0 Å². The van der Waals surface area contributed by atoms with E-state index < -0.39 is 0 Å². The van der Waals surface area contributed by atoms with Crippen molar-refractivity contribution in [3.05, 3.63) is 36.3 Å². The Morgan fingerprint density at radius 2 is 2.10 bits per heavy atom. The second kappa shape index (κ2) is 5.11. The molecule has 3 rings (SSSR count). The highest BCUT2D eigenvalue weighted by atomic mass is 15.3. The van der Waals surface area contributed by atoms with Crippen LogP contribution in [-0.4, -0.2) is 38.5 Å². The Bertz CT molecular complexity index is 598. The number of pyridine rings is 1. The second-order valence-electron chi connectivity index (χ2n) is 7.14. The molecule has 21 heavy (non-hydrogen) atoms. The van der Waals surface area contributed by atoms with E-state index in [1.807, 2.05) is 12.1 Å². The van der Waals surface area contributed by atoms with E-state index in [0.717, 1.165) is 37.4 Å². The third kappa shape index (κ3) is 2.83. The van der Waals surface area contributed by atoms with Gasteiger partial charge in [-0.1, -0.05) is 13.0 Å². The van der Waals surface area contributed by atoms with Gasteiger partial charge < -0.3 is 9.72 Å². The lowest BCUT2D eigenvalue weighted by Crippen LogP contribution is -2.66. The number of nitrogens with zero attached hydrogens (tertiary/aromatic N) is 3. The summed E-state index contributed by atoms with van der Waals surface area (Å²) in [4.78, 5) is 7.34. The number of rotatable bonds is 3. The fourth-order valence-electron chi connectivity index (χ4n) is 3.12. The summed E-state index contributed by atoms with van der Waals surface area (Å²) in [6, 6.07) is 6.14. The summed E-state index contributed by atoms with van der Waals surface area (Å²) in [7, 11) is 0. The molecule has 0 saturated carbocycles. The molecule has 0 amide bonds. The zero-order valence-corrected chi connectivity index (χ0v) is 13.6. The van der Waals surface area contributed by atoms with Crippen LogP contribution in [-0.2, 0) is 6.54 Å². The highest BCUT2D eigenvalue weighted by Gasteiger charge is 2.39. The van der Waals surface area contributed by atoms with Gasteiger partial charge in [-0.15, -0.1) is 0 Å². The first-order valence-corrected chi connectivity index (χ1v) is 7.85. The fraction of sp³-hybridized carbons (Fsp3) is 0.588. The molecule has 1 aliphatic rings. The minimum absolute atomic E-state index is 0.161. The third-order valence-electron chi connectivity index (χ3n) is 4.83. The molecule has 1 fully saturated rings. The molecular weight excluding hydrogens is 260 g/mol. The first-order chi connectivity index (χ1) is 9.92. The van der Waals surface area contributed by atoms with Crippen LogP contribution in [0.1, 0.15) is 39.8 Å². The van der Waals surface area contributed by atoms with Gasteiger partial charge in [0, 0.05) is 43.1 Å². The van der Waals surface area contributed by atoms with Crippen molar-refractivity contribution in [1.82, 2.24) is 19.6 Å². The van der Waals surface area contributed by atoms with Crippen molar-refractivity contribution in [2.75, 3.05) is 13.1 Å². The Morgan fingerprint density at radius 1 is 1.29 bits per heavy atom. The maximum atomic E-state index is 4.76. The lowest BCUT2D eigenvalue weighted by atomic mass is 9.88. The van der Waals surface area contributed by atoms with Gasteiger partial charge in [-0.05, 0) is 39.3 Å². The van der Waals surface area contributed by atoms with Gasteiger partial charge in [-0.2, -0.15) is 0 Å². The normalized spacial score (nSPS) is 26.3. The van der Waals surface area contributed by atoms with Crippen molar-refractivity contribution in [1.29, 1.82) is 0 Å². The minimum Gasteiger partial charge on any atom is -0.309 e. The topological polar surface area (TPSA) is 32.6 Å². The minimum atomic E-state index is 0.161. The number of piperazine rings is 1. The maximum Gasteiger partial charge on any atom is 0.137 e. The van der Waals surface area contributed by atoms with Crippen LogP contribution in [0, 0.1) is 0 Å². The summed E-state index contributed by atoms with van der Waals surface area (Å²) in [6.07, 6.45) is 5.36. The van der Waals surface area contributed by atoms with Crippen molar-refractivity contribution < 1.29 is 0 Å². The maximum absolute atomic E-state index is 4.76. The second-order valence-corrected chi connectivity index (χ2v) is 7.14. The van der Waals surface area contributed by atoms with Gasteiger partial charge in [0.1, 0.15) is 5.65 Å². The molecule has 4 heteroatoms. The standard InChI is InChI=1S/C17H26N4/c1-5-17(4)12-18-16(2,3)13-21(17)11-14-10-20-9-7-6-8-15(20)19-14/h6-10,18H,5,11-13H2,1-4H3. The number of fused-ring (bicyclic) bond motifs is 1. The number of hydrogen-bond donors (Lipinski definition) is 1. The largest absolute Gasteiger partial charge is 0.309 e. The van der Waals surface area contributed by atoms with Gasteiger partial charge in [0.15, 0.2) is 0 Å². The third-order valence-corrected chi connectivity index (χ3v) is 4.83. The van der Waals surface area contributed by atoms with Gasteiger partial charge in [0.2, 0.25) is 0 Å². The van der Waals surface area contributed by atoms with Crippen molar-refractivity contribution in [2.24, 2.45) is 0 Å². The molecule has 0 radical (unpaired) electrons. The van der Waals surface area contributed by atoms with Gasteiger partial charge in [-0.25, -0.2) is 4.98 Å². The average Bonchev–Trinajstić information content (AvgIpc) is 2.85. The molecule has 1 saturated heterocycles. The Kier molecular flexibility index (Phi) is 3.54. The van der Waals surface area contributed by atoms with Crippen LogP contribution in [0.2, 0.25) is 0 Å². The smallest absolute Gasteiger partial charge is 0.137 e. The SMILES string of the molecule is CCC1(C)CNC(C)(C)CN1Cc1cn2ccccc2n1. The summed E-state index contributed by atoms with van der Waals surface area (Å²) in [5.41, 5.74) is 2.54. The van der Waals surface area contributed by atoms with Crippen molar-refractivity contribution in [2.45, 2.75) is 51.7 Å². The van der Waals surface area contributed by atoms with Crippen LogP contribution in [0.15, 0.2) is 30.6 Å². The van der Waals surface area contributed by atoms with E-state index in [4.69, 9.17) is 4.98 Å². The Morgan fingerprint density at radius 3 is 2.81 bits per heavy atom. The molecule has 1 atom stereocenters. The van der Waals surface area contributed by atoms with Crippen molar-refractivity contribution in [3.63, 3.8) is 0 Å². The lowest BCUT2D eigenvalue weighted by Gasteiger charge is -2.51. The Hall–Kier alpha value is -1.39. The Balaban J connectivity index is 1.86. The molecule has 0 aliphatic carbocycles. The van der Waals surface area contributed by atoms with Crippen LogP contribution in [0.5, 0.6) is 0 Å². The number of nitrogens with one attached hydrogen (secondary N) is 1. The van der Waals surface area contributed by atoms with Gasteiger partial charge in [-0.3, -0.25) is 4.90 Å². The van der Waals surface area contributed by atoms with Crippen molar-refractivity contribution >= 4 is 5.65 Å². The zero-order chi connectivity index (χ0) is 15.1. The molecule has 1 N–H and O–H groups in total. The van der Waals surface area contributed by atoms with E-state index in [-0.39, 0.29) is 11.1 Å². The molecule has 3 heterocycles. The highest BCUT2D eigenvalue weighted by Crippen LogP contribution is 2.28. The summed E-state index contributed by atoms with van der Waals surface area (Å²) in [6.45, 7) is 12.2. The molecular formula is C17H26N4. The molecule has 4 nitrogen and oxygen atoms in total. The quantitative estimate of drug-likeness (QED) is 0.941. The molecule has 1 unspecified atom stereocenters. The average molecular weight is 286 g/mol. The summed E-state index contributed by atoms with van der Waals surface area (Å²) in [5.74, 6) is 0. The van der Waals surface area contributed by atoms with E-state index in [0.29, 0.717) is 0 Å². The van der Waals surface area contributed by atoms with Crippen LogP contribution < -0.4 is 5.32 Å². The molecule has 2 aromatic rings. The molecule has 0 aromatic carbocycles. The molecule has 114 valence electrons. The van der Waals surface area contributed by atoms with E-state index in [9.17, 15) is 0 Å². The van der Waals surface area contributed by atoms with Crippen molar-refractivity contribution in [3.8, 4) is 0 Å². The fourth-order valence-corrected chi connectivity index (χ4v) is 3.12. The van der Waals surface area contributed by atoms with Gasteiger partial charge >= 0.3 is 0 Å². The van der Waals surface area contributed by atoms with Gasteiger partial charge in [0.05, 0.1) is 5.69 Å². The Labute approximate surface area is 127 Å². The summed E-state index contributed by atoms with van der Waals surface area (Å²) >= 11 is 0. The van der Waals surface area contributed by atoms with E-state index in [1.165, 1.54) is 0 Å². The summed E-state index contributed by atoms with van der Waals surface area (Å²) in [5, 5.41) is 3.67. The van der Waals surface area contributed by atoms with E-state index in [2.05, 4.69) is 60.8 Å². The molecule has 2 aromatic heterocycles. The predicted molar refractivity (Wildman–Crippen MR) is 86.4 cm³/mol. The molecule has 0 spiro atoms. The number of aromatic nitrogens is 2. The number of hydrogen-bond acceptors (Lipinski definition) is 3. The first kappa shape index (κ1) is 14.5. The highest BCUT2D eigenvalue weighted by molar-refractivity contribution is 5.39. The van der Waals surface area contributed by atoms with Gasteiger partial charge in [0.25, 0.3) is 0 Å². The van der Waals surface area contributed by atoms with E-state index in [1.54, 1.807) is 0 Å². The molecule has 1 aliphatic heterocycles. The summed E-state index contributed by atoms with van der Waals surface area (Å²) < 4.78 is 2.10. The lowest BCUT2D eigenvalue weighted by molar-refractivity contribution is 0.0167. The zero-order valence-electron chi connectivity index (χ0n) is 13.6. The first-order valence-electron chi connectivity index (χ1n) is 7.85. The molecule has 0 bridgehead atoms. The van der Waals surface area contributed by atoms with Crippen LogP contribution in [0.4, 0.5) is 0 Å². The van der Waals surface area contributed by atoms with Crippen LogP contribution in [0.3, 0.4) is 0 Å². The van der Waals surface area contributed by atoms with Crippen LogP contribution in [0.25, 0.3) is 5.65 Å². The van der Waals surface area contributed by atoms with E-state index >= 15 is 0 Å². The number of imidazole rings is 1.